The van der Waals surface area contributed by atoms with Gasteiger partial charge in [0.25, 0.3) is 17.4 Å². The van der Waals surface area contributed by atoms with Crippen molar-refractivity contribution < 1.29 is 9.59 Å². The zero-order chi connectivity index (χ0) is 22.0. The van der Waals surface area contributed by atoms with Crippen LogP contribution in [0.3, 0.4) is 0 Å². The number of hydrogen-bond donors (Lipinski definition) is 3. The summed E-state index contributed by atoms with van der Waals surface area (Å²) in [6, 6.07) is 8.91. The largest absolute Gasteiger partial charge is 0.354 e. The molecule has 3 N–H and O–H groups in total. The van der Waals surface area contributed by atoms with Gasteiger partial charge in [0.1, 0.15) is 0 Å². The summed E-state index contributed by atoms with van der Waals surface area (Å²) in [6.45, 7) is 7.44. The predicted molar refractivity (Wildman–Crippen MR) is 118 cm³/mol. The molecule has 0 fully saturated rings. The van der Waals surface area contributed by atoms with Crippen molar-refractivity contribution in [2.24, 2.45) is 5.10 Å². The summed E-state index contributed by atoms with van der Waals surface area (Å²) in [5.74, 6) is -0.703. The van der Waals surface area contributed by atoms with Crippen molar-refractivity contribution >= 4 is 28.9 Å². The molecule has 0 bridgehead atoms. The first-order chi connectivity index (χ1) is 14.2. The number of hydrogen-bond acceptors (Lipinski definition) is 5. The van der Waals surface area contributed by atoms with Gasteiger partial charge in [-0.25, -0.2) is 10.1 Å². The minimum Gasteiger partial charge on any atom is -0.354 e. The molecule has 1 aromatic carbocycles. The monoisotopic (exact) mass is 425 g/mol. The summed E-state index contributed by atoms with van der Waals surface area (Å²) in [5, 5.41) is 9.67. The van der Waals surface area contributed by atoms with Gasteiger partial charge in [0, 0.05) is 12.7 Å². The summed E-state index contributed by atoms with van der Waals surface area (Å²) in [5.41, 5.74) is 6.58. The Morgan fingerprint density at radius 3 is 2.33 bits per heavy atom. The van der Waals surface area contributed by atoms with E-state index in [1.807, 2.05) is 32.0 Å². The van der Waals surface area contributed by atoms with Crippen LogP contribution in [0.2, 0.25) is 0 Å². The molecule has 30 heavy (non-hydrogen) atoms. The molecule has 0 aliphatic heterocycles. The van der Waals surface area contributed by atoms with Crippen LogP contribution in [0.25, 0.3) is 5.69 Å². The molecule has 9 heteroatoms. The number of hydrazone groups is 1. The maximum atomic E-state index is 12.9. The molecule has 2 amide bonds. The van der Waals surface area contributed by atoms with E-state index in [-0.39, 0.29) is 11.5 Å². The van der Waals surface area contributed by atoms with Crippen molar-refractivity contribution in [3.8, 4) is 5.69 Å². The standard InChI is InChI=1S/C21H23N5O3S/c1-11-6-7-15(10-12(11)2)26-21(29)18(14(4)25-26)13(3)23-24-20(28)17-9-8-16(30-17)19(27)22-5/h6-10,25H,1-5H3,(H,22,27)(H,24,28). The average molecular weight is 426 g/mol. The van der Waals surface area contributed by atoms with Gasteiger partial charge in [0.2, 0.25) is 0 Å². The number of thiophene rings is 1. The minimum absolute atomic E-state index is 0.246. The Morgan fingerprint density at radius 1 is 1.03 bits per heavy atom. The van der Waals surface area contributed by atoms with Crippen LogP contribution in [0.15, 0.2) is 40.2 Å². The number of aryl methyl sites for hydroxylation is 3. The van der Waals surface area contributed by atoms with Crippen molar-refractivity contribution in [1.82, 2.24) is 20.5 Å². The molecule has 0 spiro atoms. The zero-order valence-electron chi connectivity index (χ0n) is 17.4. The number of amides is 2. The van der Waals surface area contributed by atoms with E-state index in [2.05, 4.69) is 20.9 Å². The lowest BCUT2D eigenvalue weighted by molar-refractivity contribution is 0.0955. The van der Waals surface area contributed by atoms with Gasteiger partial charge in [-0.1, -0.05) is 6.07 Å². The highest BCUT2D eigenvalue weighted by Crippen LogP contribution is 2.16. The third-order valence-corrected chi connectivity index (χ3v) is 5.87. The number of rotatable bonds is 5. The molecule has 2 aromatic heterocycles. The first-order valence-electron chi connectivity index (χ1n) is 9.29. The van der Waals surface area contributed by atoms with Crippen molar-refractivity contribution in [2.75, 3.05) is 7.05 Å². The topological polar surface area (TPSA) is 108 Å². The quantitative estimate of drug-likeness (QED) is 0.432. The maximum Gasteiger partial charge on any atom is 0.281 e. The van der Waals surface area contributed by atoms with E-state index >= 15 is 0 Å². The number of nitrogens with one attached hydrogen (secondary N) is 3. The Kier molecular flexibility index (Phi) is 6.02. The van der Waals surface area contributed by atoms with Crippen LogP contribution in [-0.4, -0.2) is 34.4 Å². The van der Waals surface area contributed by atoms with Crippen LogP contribution in [0.5, 0.6) is 0 Å². The Bertz CT molecular complexity index is 1220. The second-order valence-electron chi connectivity index (χ2n) is 6.90. The van der Waals surface area contributed by atoms with Gasteiger partial charge in [-0.15, -0.1) is 11.3 Å². The zero-order valence-corrected chi connectivity index (χ0v) is 18.2. The summed E-state index contributed by atoms with van der Waals surface area (Å²) in [6.07, 6.45) is 0. The summed E-state index contributed by atoms with van der Waals surface area (Å²) in [7, 11) is 1.53. The van der Waals surface area contributed by atoms with Gasteiger partial charge in [-0.2, -0.15) is 5.10 Å². The van der Waals surface area contributed by atoms with Gasteiger partial charge < -0.3 is 5.32 Å². The van der Waals surface area contributed by atoms with E-state index < -0.39 is 5.91 Å². The highest BCUT2D eigenvalue weighted by molar-refractivity contribution is 7.15. The fraction of sp³-hybridized carbons (Fsp3) is 0.238. The van der Waals surface area contributed by atoms with Crippen LogP contribution in [-0.2, 0) is 0 Å². The molecule has 0 saturated heterocycles. The lowest BCUT2D eigenvalue weighted by Crippen LogP contribution is -2.23. The molecule has 3 aromatic rings. The number of aromatic nitrogens is 2. The molecular formula is C21H23N5O3S. The van der Waals surface area contributed by atoms with Gasteiger partial charge in [-0.05, 0) is 63.1 Å². The molecule has 3 rings (SSSR count). The second-order valence-corrected chi connectivity index (χ2v) is 7.99. The number of carbonyl (C=O) groups excluding carboxylic acids is 2. The molecule has 0 saturated carbocycles. The fourth-order valence-corrected chi connectivity index (χ4v) is 3.81. The van der Waals surface area contributed by atoms with Gasteiger partial charge in [0.05, 0.1) is 26.7 Å². The van der Waals surface area contributed by atoms with Crippen molar-refractivity contribution in [3.05, 3.63) is 72.8 Å². The first-order valence-corrected chi connectivity index (χ1v) is 10.1. The molecule has 0 atom stereocenters. The number of aromatic amines is 1. The Morgan fingerprint density at radius 2 is 1.70 bits per heavy atom. The van der Waals surface area contributed by atoms with Gasteiger partial charge in [0.15, 0.2) is 0 Å². The molecule has 2 heterocycles. The fourth-order valence-electron chi connectivity index (χ4n) is 2.97. The summed E-state index contributed by atoms with van der Waals surface area (Å²) in [4.78, 5) is 37.7. The molecule has 156 valence electrons. The Labute approximate surface area is 177 Å². The first kappa shape index (κ1) is 21.3. The number of carbonyl (C=O) groups is 2. The second kappa shape index (κ2) is 8.50. The maximum absolute atomic E-state index is 12.9. The Hall–Kier alpha value is -3.46. The number of benzene rings is 1. The smallest absolute Gasteiger partial charge is 0.281 e. The minimum atomic E-state index is -0.447. The third-order valence-electron chi connectivity index (χ3n) is 4.79. The van der Waals surface area contributed by atoms with Crippen molar-refractivity contribution in [3.63, 3.8) is 0 Å². The highest BCUT2D eigenvalue weighted by Gasteiger charge is 2.17. The Balaban J connectivity index is 1.84. The molecule has 8 nitrogen and oxygen atoms in total. The summed E-state index contributed by atoms with van der Waals surface area (Å²) < 4.78 is 1.47. The van der Waals surface area contributed by atoms with Crippen molar-refractivity contribution in [1.29, 1.82) is 0 Å². The SMILES string of the molecule is CNC(=O)c1ccc(C(=O)NN=C(C)c2c(C)[nH]n(-c3ccc(C)c(C)c3)c2=O)s1. The predicted octanol–water partition coefficient (Wildman–Crippen LogP) is 2.67. The highest BCUT2D eigenvalue weighted by atomic mass is 32.1. The van der Waals surface area contributed by atoms with E-state index in [9.17, 15) is 14.4 Å². The molecule has 0 aliphatic rings. The van der Waals surface area contributed by atoms with Crippen LogP contribution in [0.4, 0.5) is 0 Å². The lowest BCUT2D eigenvalue weighted by Gasteiger charge is -2.05. The average Bonchev–Trinajstić information content (AvgIpc) is 3.32. The molecule has 0 radical (unpaired) electrons. The van der Waals surface area contributed by atoms with E-state index in [0.29, 0.717) is 26.7 Å². The van der Waals surface area contributed by atoms with Crippen LogP contribution in [0, 0.1) is 20.8 Å². The van der Waals surface area contributed by atoms with Crippen LogP contribution < -0.4 is 16.3 Å². The third kappa shape index (κ3) is 4.11. The molecular weight excluding hydrogens is 402 g/mol. The lowest BCUT2D eigenvalue weighted by atomic mass is 10.1. The van der Waals surface area contributed by atoms with E-state index in [4.69, 9.17) is 0 Å². The van der Waals surface area contributed by atoms with Gasteiger partial charge >= 0.3 is 0 Å². The number of nitrogens with zero attached hydrogens (tertiary/aromatic N) is 2. The van der Waals surface area contributed by atoms with Crippen LogP contribution in [0.1, 0.15) is 48.7 Å². The molecule has 0 aliphatic carbocycles. The molecule has 0 unspecified atom stereocenters. The van der Waals surface area contributed by atoms with E-state index in [1.165, 1.54) is 11.7 Å². The van der Waals surface area contributed by atoms with E-state index in [1.54, 1.807) is 26.0 Å². The van der Waals surface area contributed by atoms with Gasteiger partial charge in [-0.3, -0.25) is 19.5 Å². The van der Waals surface area contributed by atoms with E-state index in [0.717, 1.165) is 28.2 Å². The normalized spacial score (nSPS) is 11.4. The van der Waals surface area contributed by atoms with Crippen molar-refractivity contribution in [2.45, 2.75) is 27.7 Å². The van der Waals surface area contributed by atoms with Crippen LogP contribution >= 0.6 is 11.3 Å². The number of H-pyrrole nitrogens is 1. The summed E-state index contributed by atoms with van der Waals surface area (Å²) >= 11 is 1.07.